The lowest BCUT2D eigenvalue weighted by atomic mass is 10.1. The second-order valence-corrected chi connectivity index (χ2v) is 6.80. The second-order valence-electron chi connectivity index (χ2n) is 5.62. The van der Waals surface area contributed by atoms with Crippen LogP contribution in [0.4, 0.5) is 0 Å². The summed E-state index contributed by atoms with van der Waals surface area (Å²) in [5, 5.41) is 4.20. The standard InChI is InChI=1S/C17H19BrN2O/c18-13-7-2-1-3-9-15(13)20-17(21)16-11-10-12-6-4-5-8-14(12)19-16/h4-6,8,10-11,13,15H,1-3,7,9H2,(H,20,21). The zero-order valence-corrected chi connectivity index (χ0v) is 13.5. The summed E-state index contributed by atoms with van der Waals surface area (Å²) in [5.41, 5.74) is 1.36. The number of fused-ring (bicyclic) bond motifs is 1. The predicted octanol–water partition coefficient (Wildman–Crippen LogP) is 4.06. The molecule has 0 radical (unpaired) electrons. The third-order valence-corrected chi connectivity index (χ3v) is 5.18. The van der Waals surface area contributed by atoms with Crippen LogP contribution in [0.15, 0.2) is 36.4 Å². The van der Waals surface area contributed by atoms with Gasteiger partial charge < -0.3 is 5.32 Å². The minimum absolute atomic E-state index is 0.0721. The van der Waals surface area contributed by atoms with E-state index in [0.717, 1.165) is 23.7 Å². The second kappa shape index (κ2) is 6.56. The van der Waals surface area contributed by atoms with Gasteiger partial charge in [0.05, 0.1) is 5.52 Å². The van der Waals surface area contributed by atoms with Gasteiger partial charge in [0.1, 0.15) is 5.69 Å². The predicted molar refractivity (Wildman–Crippen MR) is 88.8 cm³/mol. The molecule has 3 nitrogen and oxygen atoms in total. The lowest BCUT2D eigenvalue weighted by Gasteiger charge is -2.21. The summed E-state index contributed by atoms with van der Waals surface area (Å²) in [4.78, 5) is 17.2. The summed E-state index contributed by atoms with van der Waals surface area (Å²) in [6.45, 7) is 0. The Morgan fingerprint density at radius 3 is 2.81 bits per heavy atom. The minimum atomic E-state index is -0.0721. The Kier molecular flexibility index (Phi) is 4.54. The molecule has 1 saturated carbocycles. The fourth-order valence-corrected chi connectivity index (χ4v) is 3.58. The van der Waals surface area contributed by atoms with Crippen LogP contribution in [0, 0.1) is 0 Å². The van der Waals surface area contributed by atoms with Gasteiger partial charge in [-0.2, -0.15) is 0 Å². The Morgan fingerprint density at radius 2 is 1.90 bits per heavy atom. The SMILES string of the molecule is O=C(NC1CCCCCC1Br)c1ccc2ccccc2n1. The number of hydrogen-bond donors (Lipinski definition) is 1. The van der Waals surface area contributed by atoms with E-state index in [4.69, 9.17) is 0 Å². The van der Waals surface area contributed by atoms with Gasteiger partial charge in [-0.25, -0.2) is 4.98 Å². The summed E-state index contributed by atoms with van der Waals surface area (Å²) in [5.74, 6) is -0.0721. The van der Waals surface area contributed by atoms with E-state index in [1.54, 1.807) is 6.07 Å². The van der Waals surface area contributed by atoms with Crippen molar-refractivity contribution in [1.82, 2.24) is 10.3 Å². The monoisotopic (exact) mass is 346 g/mol. The number of carbonyl (C=O) groups excluding carboxylic acids is 1. The molecule has 1 heterocycles. The topological polar surface area (TPSA) is 42.0 Å². The van der Waals surface area contributed by atoms with E-state index in [9.17, 15) is 4.79 Å². The van der Waals surface area contributed by atoms with Gasteiger partial charge in [0.15, 0.2) is 0 Å². The first-order valence-electron chi connectivity index (χ1n) is 7.55. The van der Waals surface area contributed by atoms with Crippen LogP contribution >= 0.6 is 15.9 Å². The van der Waals surface area contributed by atoms with Crippen molar-refractivity contribution < 1.29 is 4.79 Å². The zero-order valence-electron chi connectivity index (χ0n) is 11.9. The van der Waals surface area contributed by atoms with Gasteiger partial charge in [-0.05, 0) is 25.0 Å². The highest BCUT2D eigenvalue weighted by Gasteiger charge is 2.23. The third-order valence-electron chi connectivity index (χ3n) is 4.08. The summed E-state index contributed by atoms with van der Waals surface area (Å²) < 4.78 is 0. The van der Waals surface area contributed by atoms with Crippen molar-refractivity contribution in [2.45, 2.75) is 43.0 Å². The molecule has 21 heavy (non-hydrogen) atoms. The normalized spacial score (nSPS) is 22.7. The van der Waals surface area contributed by atoms with E-state index in [2.05, 4.69) is 26.2 Å². The Bertz CT molecular complexity index is 643. The lowest BCUT2D eigenvalue weighted by molar-refractivity contribution is 0.0930. The van der Waals surface area contributed by atoms with Gasteiger partial charge in [-0.15, -0.1) is 0 Å². The largest absolute Gasteiger partial charge is 0.347 e. The molecule has 1 aromatic heterocycles. The maximum atomic E-state index is 12.4. The van der Waals surface area contributed by atoms with Crippen LogP contribution in [0.5, 0.6) is 0 Å². The number of nitrogens with zero attached hydrogens (tertiary/aromatic N) is 1. The van der Waals surface area contributed by atoms with Crippen molar-refractivity contribution in [3.8, 4) is 0 Å². The number of amides is 1. The van der Waals surface area contributed by atoms with Crippen molar-refractivity contribution in [3.63, 3.8) is 0 Å². The average molecular weight is 347 g/mol. The van der Waals surface area contributed by atoms with Gasteiger partial charge in [-0.1, -0.05) is 59.5 Å². The number of halogens is 1. The first kappa shape index (κ1) is 14.5. The highest BCUT2D eigenvalue weighted by molar-refractivity contribution is 9.09. The molecular formula is C17H19BrN2O. The molecule has 2 aromatic rings. The van der Waals surface area contributed by atoms with Crippen LogP contribution in [0.1, 0.15) is 42.6 Å². The number of benzene rings is 1. The highest BCUT2D eigenvalue weighted by Crippen LogP contribution is 2.24. The Morgan fingerprint density at radius 1 is 1.10 bits per heavy atom. The van der Waals surface area contributed by atoms with Gasteiger partial charge in [0.25, 0.3) is 5.91 Å². The Labute approximate surface area is 133 Å². The van der Waals surface area contributed by atoms with Gasteiger partial charge >= 0.3 is 0 Å². The Balaban J connectivity index is 1.76. The number of rotatable bonds is 2. The highest BCUT2D eigenvalue weighted by atomic mass is 79.9. The average Bonchev–Trinajstić information content (AvgIpc) is 2.72. The molecule has 1 aromatic carbocycles. The maximum absolute atomic E-state index is 12.4. The first-order valence-corrected chi connectivity index (χ1v) is 8.46. The van der Waals surface area contributed by atoms with E-state index in [-0.39, 0.29) is 11.9 Å². The minimum Gasteiger partial charge on any atom is -0.347 e. The van der Waals surface area contributed by atoms with Crippen LogP contribution in [0.3, 0.4) is 0 Å². The van der Waals surface area contributed by atoms with Crippen LogP contribution in [-0.4, -0.2) is 21.8 Å². The van der Waals surface area contributed by atoms with E-state index in [1.165, 1.54) is 19.3 Å². The molecule has 1 fully saturated rings. The maximum Gasteiger partial charge on any atom is 0.270 e. The molecule has 0 aliphatic heterocycles. The molecule has 1 N–H and O–H groups in total. The molecule has 2 atom stereocenters. The van der Waals surface area contributed by atoms with Crippen molar-refractivity contribution >= 4 is 32.7 Å². The molecule has 1 amide bonds. The quantitative estimate of drug-likeness (QED) is 0.658. The molecule has 0 bridgehead atoms. The summed E-state index contributed by atoms with van der Waals surface area (Å²) >= 11 is 3.71. The number of carbonyl (C=O) groups is 1. The molecular weight excluding hydrogens is 328 g/mol. The number of nitrogens with one attached hydrogen (secondary N) is 1. The molecule has 1 aliphatic carbocycles. The molecule has 110 valence electrons. The summed E-state index contributed by atoms with van der Waals surface area (Å²) in [6.07, 6.45) is 5.82. The smallest absolute Gasteiger partial charge is 0.270 e. The van der Waals surface area contributed by atoms with Crippen molar-refractivity contribution in [2.75, 3.05) is 0 Å². The Hall–Kier alpha value is -1.42. The molecule has 0 saturated heterocycles. The van der Waals surface area contributed by atoms with E-state index in [1.807, 2.05) is 30.3 Å². The number of hydrogen-bond acceptors (Lipinski definition) is 2. The van der Waals surface area contributed by atoms with Crippen LogP contribution in [0.25, 0.3) is 10.9 Å². The summed E-state index contributed by atoms with van der Waals surface area (Å²) in [7, 11) is 0. The molecule has 2 unspecified atom stereocenters. The van der Waals surface area contributed by atoms with Crippen molar-refractivity contribution in [2.24, 2.45) is 0 Å². The summed E-state index contributed by atoms with van der Waals surface area (Å²) in [6, 6.07) is 11.8. The number of alkyl halides is 1. The zero-order chi connectivity index (χ0) is 14.7. The number of aromatic nitrogens is 1. The third kappa shape index (κ3) is 3.43. The lowest BCUT2D eigenvalue weighted by Crippen LogP contribution is -2.40. The van der Waals surface area contributed by atoms with E-state index in [0.29, 0.717) is 10.5 Å². The van der Waals surface area contributed by atoms with E-state index >= 15 is 0 Å². The van der Waals surface area contributed by atoms with Crippen LogP contribution in [-0.2, 0) is 0 Å². The molecule has 1 aliphatic rings. The van der Waals surface area contributed by atoms with Crippen molar-refractivity contribution in [3.05, 3.63) is 42.1 Å². The molecule has 0 spiro atoms. The molecule has 3 rings (SSSR count). The molecule has 4 heteroatoms. The fourth-order valence-electron chi connectivity index (χ4n) is 2.86. The van der Waals surface area contributed by atoms with Crippen LogP contribution in [0.2, 0.25) is 0 Å². The number of pyridine rings is 1. The van der Waals surface area contributed by atoms with E-state index < -0.39 is 0 Å². The van der Waals surface area contributed by atoms with Crippen LogP contribution < -0.4 is 5.32 Å². The first-order chi connectivity index (χ1) is 10.2. The van der Waals surface area contributed by atoms with Crippen molar-refractivity contribution in [1.29, 1.82) is 0 Å². The number of para-hydroxylation sites is 1. The fraction of sp³-hybridized carbons (Fsp3) is 0.412. The van der Waals surface area contributed by atoms with Gasteiger partial charge in [0, 0.05) is 16.3 Å². The van der Waals surface area contributed by atoms with Gasteiger partial charge in [0.2, 0.25) is 0 Å². The van der Waals surface area contributed by atoms with Gasteiger partial charge in [-0.3, -0.25) is 4.79 Å².